The van der Waals surface area contributed by atoms with Gasteiger partial charge in [0.25, 0.3) is 5.91 Å². The molecule has 1 N–H and O–H groups in total. The van der Waals surface area contributed by atoms with Gasteiger partial charge in [-0.2, -0.15) is 0 Å². The Morgan fingerprint density at radius 1 is 1.14 bits per heavy atom. The van der Waals surface area contributed by atoms with Crippen LogP contribution in [0.4, 0.5) is 11.4 Å². The van der Waals surface area contributed by atoms with Gasteiger partial charge in [-0.1, -0.05) is 24.3 Å². The van der Waals surface area contributed by atoms with Gasteiger partial charge in [0.1, 0.15) is 12.6 Å². The van der Waals surface area contributed by atoms with Crippen molar-refractivity contribution in [2.75, 3.05) is 42.6 Å². The first kappa shape index (κ1) is 24.9. The summed E-state index contributed by atoms with van der Waals surface area (Å²) in [6.07, 6.45) is 7.65. The number of aliphatic hydroxyl groups is 1. The minimum atomic E-state index is -0.913. The molecule has 0 bridgehead atoms. The van der Waals surface area contributed by atoms with Crippen LogP contribution in [0.2, 0.25) is 0 Å². The molecule has 2 fully saturated rings. The van der Waals surface area contributed by atoms with Gasteiger partial charge in [0.15, 0.2) is 0 Å². The monoisotopic (exact) mass is 511 g/mol. The fourth-order valence-electron chi connectivity index (χ4n) is 6.13. The second-order valence-corrected chi connectivity index (χ2v) is 11.2. The fraction of sp³-hybridized carbons (Fsp3) is 0.519. The molecule has 2 saturated heterocycles. The highest BCUT2D eigenvalue weighted by molar-refractivity contribution is 8.02. The van der Waals surface area contributed by atoms with E-state index in [1.807, 2.05) is 48.6 Å². The lowest BCUT2D eigenvalue weighted by Crippen LogP contribution is -2.56. The van der Waals surface area contributed by atoms with E-state index in [0.717, 1.165) is 24.5 Å². The van der Waals surface area contributed by atoms with Crippen LogP contribution in [-0.2, 0) is 19.1 Å². The Hall–Kier alpha value is -2.78. The molecule has 1 aromatic rings. The number of fused-ring (bicyclic) bond motifs is 2. The second-order valence-electron chi connectivity index (χ2n) is 9.72. The van der Waals surface area contributed by atoms with Crippen LogP contribution in [0.5, 0.6) is 0 Å². The third-order valence-electron chi connectivity index (χ3n) is 7.88. The molecule has 0 aliphatic carbocycles. The Balaban J connectivity index is 1.56. The summed E-state index contributed by atoms with van der Waals surface area (Å²) in [6.45, 7) is 8.00. The van der Waals surface area contributed by atoms with E-state index in [1.54, 1.807) is 11.8 Å². The van der Waals surface area contributed by atoms with Crippen LogP contribution < -0.4 is 9.80 Å². The van der Waals surface area contributed by atoms with Crippen LogP contribution in [0.25, 0.3) is 0 Å². The number of rotatable bonds is 6. The molecule has 0 radical (unpaired) electrons. The predicted octanol–water partition coefficient (Wildman–Crippen LogP) is 2.23. The van der Waals surface area contributed by atoms with Crippen LogP contribution in [0, 0.1) is 11.8 Å². The molecule has 2 amide bonds. The standard InChI is InChI=1S/C27H33N3O5S/c1-4-28(5-2)18-9-11-19(12-10-18)29-14-7-13-27-22(21-20(36-27)8-6-15-35-26(21)34)24(32)30(17(3)16-31)23(27)25(29)33/h6-13,17,20-23,31H,4-5,14-16H2,1-3H3/t17-,20+,21-,22+,23?,27+/m1/s1. The Kier molecular flexibility index (Phi) is 6.63. The van der Waals surface area contributed by atoms with Crippen molar-refractivity contribution >= 4 is 40.9 Å². The molecule has 8 nitrogen and oxygen atoms in total. The number of ether oxygens (including phenoxy) is 1. The number of nitrogens with zero attached hydrogens (tertiary/aromatic N) is 3. The van der Waals surface area contributed by atoms with Crippen molar-refractivity contribution in [3.8, 4) is 0 Å². The zero-order valence-electron chi connectivity index (χ0n) is 20.9. The second kappa shape index (κ2) is 9.59. The van der Waals surface area contributed by atoms with E-state index in [2.05, 4.69) is 18.7 Å². The molecule has 4 aliphatic rings. The third-order valence-corrected chi connectivity index (χ3v) is 9.62. The number of anilines is 2. The van der Waals surface area contributed by atoms with Crippen molar-refractivity contribution in [1.82, 2.24) is 4.90 Å². The van der Waals surface area contributed by atoms with Gasteiger partial charge in [-0.3, -0.25) is 14.4 Å². The molecule has 1 unspecified atom stereocenters. The topological polar surface area (TPSA) is 90.4 Å². The number of benzene rings is 1. The first-order valence-electron chi connectivity index (χ1n) is 12.7. The van der Waals surface area contributed by atoms with Gasteiger partial charge in [0.2, 0.25) is 5.91 Å². The molecule has 36 heavy (non-hydrogen) atoms. The van der Waals surface area contributed by atoms with Crippen LogP contribution in [0.15, 0.2) is 48.6 Å². The van der Waals surface area contributed by atoms with E-state index in [4.69, 9.17) is 4.74 Å². The number of hydrogen-bond acceptors (Lipinski definition) is 7. The Bertz CT molecular complexity index is 1100. The van der Waals surface area contributed by atoms with Crippen molar-refractivity contribution in [1.29, 1.82) is 0 Å². The maximum atomic E-state index is 14.3. The SMILES string of the molecule is CCN(CC)c1ccc(N2CC=C[C@]34S[C@H]5C=CCOC(=O)[C@H]5[C@H]3C(=O)N([C@H](C)CO)C4C2=O)cc1. The van der Waals surface area contributed by atoms with Crippen molar-refractivity contribution in [3.05, 3.63) is 48.6 Å². The Labute approximate surface area is 215 Å². The highest BCUT2D eigenvalue weighted by Crippen LogP contribution is 2.61. The van der Waals surface area contributed by atoms with Crippen LogP contribution in [0.1, 0.15) is 20.8 Å². The Morgan fingerprint density at radius 2 is 1.86 bits per heavy atom. The molecule has 1 aromatic carbocycles. The molecular weight excluding hydrogens is 478 g/mol. The molecule has 0 saturated carbocycles. The maximum Gasteiger partial charge on any atom is 0.311 e. The summed E-state index contributed by atoms with van der Waals surface area (Å²) in [5, 5.41) is 9.76. The van der Waals surface area contributed by atoms with E-state index in [1.165, 1.54) is 16.7 Å². The molecule has 4 aliphatic heterocycles. The summed E-state index contributed by atoms with van der Waals surface area (Å²) in [5.41, 5.74) is 1.84. The maximum absolute atomic E-state index is 14.3. The molecule has 6 atom stereocenters. The molecule has 5 rings (SSSR count). The van der Waals surface area contributed by atoms with E-state index >= 15 is 0 Å². The van der Waals surface area contributed by atoms with Gasteiger partial charge >= 0.3 is 5.97 Å². The van der Waals surface area contributed by atoms with Crippen molar-refractivity contribution in [2.45, 2.75) is 42.9 Å². The van der Waals surface area contributed by atoms with E-state index in [-0.39, 0.29) is 30.3 Å². The zero-order valence-corrected chi connectivity index (χ0v) is 21.7. The molecule has 192 valence electrons. The average Bonchev–Trinajstić information content (AvgIpc) is 3.19. The van der Waals surface area contributed by atoms with Crippen molar-refractivity contribution < 1.29 is 24.2 Å². The summed E-state index contributed by atoms with van der Waals surface area (Å²) in [7, 11) is 0. The highest BCUT2D eigenvalue weighted by Gasteiger charge is 2.71. The molecule has 1 spiro atoms. The largest absolute Gasteiger partial charge is 0.461 e. The smallest absolute Gasteiger partial charge is 0.311 e. The summed E-state index contributed by atoms with van der Waals surface area (Å²) in [5.74, 6) is -2.28. The summed E-state index contributed by atoms with van der Waals surface area (Å²) in [4.78, 5) is 46.6. The minimum absolute atomic E-state index is 0.187. The summed E-state index contributed by atoms with van der Waals surface area (Å²) in [6, 6.07) is 6.51. The van der Waals surface area contributed by atoms with Gasteiger partial charge < -0.3 is 24.5 Å². The first-order valence-corrected chi connectivity index (χ1v) is 13.5. The molecular formula is C27H33N3O5S. The van der Waals surface area contributed by atoms with Crippen LogP contribution in [0.3, 0.4) is 0 Å². The van der Waals surface area contributed by atoms with E-state index in [0.29, 0.717) is 6.54 Å². The zero-order chi connectivity index (χ0) is 25.6. The highest BCUT2D eigenvalue weighted by atomic mass is 32.2. The number of likely N-dealkylation sites (tertiary alicyclic amines) is 1. The summed E-state index contributed by atoms with van der Waals surface area (Å²) >= 11 is 1.50. The lowest BCUT2D eigenvalue weighted by atomic mass is 9.78. The first-order chi connectivity index (χ1) is 17.4. The van der Waals surface area contributed by atoms with Crippen LogP contribution in [-0.4, -0.2) is 82.7 Å². The van der Waals surface area contributed by atoms with E-state index in [9.17, 15) is 19.5 Å². The number of amides is 2. The van der Waals surface area contributed by atoms with Gasteiger partial charge in [-0.05, 0) is 45.0 Å². The van der Waals surface area contributed by atoms with Crippen molar-refractivity contribution in [2.24, 2.45) is 11.8 Å². The predicted molar refractivity (Wildman–Crippen MR) is 140 cm³/mol. The number of carbonyl (C=O) groups is 3. The molecule has 0 aromatic heterocycles. The summed E-state index contributed by atoms with van der Waals surface area (Å²) < 4.78 is 4.47. The number of hydrogen-bond donors (Lipinski definition) is 1. The van der Waals surface area contributed by atoms with Gasteiger partial charge in [-0.15, -0.1) is 11.8 Å². The fourth-order valence-corrected chi connectivity index (χ4v) is 8.12. The molecule has 4 heterocycles. The number of cyclic esters (lactones) is 1. The van der Waals surface area contributed by atoms with Gasteiger partial charge in [0, 0.05) is 36.3 Å². The number of thioether (sulfide) groups is 1. The number of esters is 1. The minimum Gasteiger partial charge on any atom is -0.461 e. The normalized spacial score (nSPS) is 31.9. The number of carbonyl (C=O) groups excluding carboxylic acids is 3. The Morgan fingerprint density at radius 3 is 2.53 bits per heavy atom. The molecule has 9 heteroatoms. The van der Waals surface area contributed by atoms with Crippen LogP contribution >= 0.6 is 11.8 Å². The lowest BCUT2D eigenvalue weighted by molar-refractivity contribution is -0.152. The van der Waals surface area contributed by atoms with E-state index < -0.39 is 34.6 Å². The van der Waals surface area contributed by atoms with Crippen molar-refractivity contribution in [3.63, 3.8) is 0 Å². The quantitative estimate of drug-likeness (QED) is 0.463. The average molecular weight is 512 g/mol. The lowest BCUT2D eigenvalue weighted by Gasteiger charge is -2.37. The van der Waals surface area contributed by atoms with Gasteiger partial charge in [-0.25, -0.2) is 0 Å². The number of aliphatic hydroxyl groups excluding tert-OH is 1. The van der Waals surface area contributed by atoms with Gasteiger partial charge in [0.05, 0.1) is 29.2 Å². The third kappa shape index (κ3) is 3.66.